The summed E-state index contributed by atoms with van der Waals surface area (Å²) in [7, 11) is 0. The van der Waals surface area contributed by atoms with Gasteiger partial charge in [0.1, 0.15) is 6.04 Å². The first-order chi connectivity index (χ1) is 14.3. The van der Waals surface area contributed by atoms with Crippen LogP contribution in [0.4, 0.5) is 0 Å². The van der Waals surface area contributed by atoms with E-state index < -0.39 is 6.04 Å². The van der Waals surface area contributed by atoms with Crippen LogP contribution in [0.15, 0.2) is 42.5 Å². The third-order valence-electron chi connectivity index (χ3n) is 5.02. The molecule has 0 aromatic heterocycles. The number of carbonyl (C=O) groups is 2. The van der Waals surface area contributed by atoms with Gasteiger partial charge < -0.3 is 10.2 Å². The molecule has 2 amide bonds. The second-order valence-corrected chi connectivity index (χ2v) is 8.52. The third-order valence-corrected chi connectivity index (χ3v) is 5.96. The Hall–Kier alpha value is -1.75. The summed E-state index contributed by atoms with van der Waals surface area (Å²) < 4.78 is 0. The van der Waals surface area contributed by atoms with E-state index >= 15 is 0 Å². The second-order valence-electron chi connectivity index (χ2n) is 7.27. The number of benzene rings is 2. The second kappa shape index (κ2) is 11.6. The van der Waals surface area contributed by atoms with Crippen molar-refractivity contribution >= 4 is 46.6 Å². The smallest absolute Gasteiger partial charge is 0.243 e. The molecule has 0 bridgehead atoms. The average Bonchev–Trinajstić information content (AvgIpc) is 2.69. The van der Waals surface area contributed by atoms with Gasteiger partial charge in [0.15, 0.2) is 0 Å². The Bertz CT molecular complexity index is 868. The van der Waals surface area contributed by atoms with Gasteiger partial charge in [-0.1, -0.05) is 66.8 Å². The Balaban J connectivity index is 2.37. The molecule has 30 heavy (non-hydrogen) atoms. The molecule has 0 heterocycles. The number of nitrogens with one attached hydrogen (secondary N) is 1. The molecule has 2 aromatic carbocycles. The minimum atomic E-state index is -0.641. The highest BCUT2D eigenvalue weighted by Crippen LogP contribution is 2.27. The summed E-state index contributed by atoms with van der Waals surface area (Å²) >= 11 is 18.8. The summed E-state index contributed by atoms with van der Waals surface area (Å²) in [5.41, 5.74) is 1.40. The summed E-state index contributed by atoms with van der Waals surface area (Å²) in [6, 6.07) is 11.7. The van der Waals surface area contributed by atoms with E-state index in [0.29, 0.717) is 27.1 Å². The van der Waals surface area contributed by atoms with E-state index in [0.717, 1.165) is 12.0 Å². The van der Waals surface area contributed by atoms with Gasteiger partial charge in [-0.25, -0.2) is 0 Å². The third kappa shape index (κ3) is 6.63. The van der Waals surface area contributed by atoms with Crippen LogP contribution in [-0.4, -0.2) is 28.8 Å². The van der Waals surface area contributed by atoms with Crippen molar-refractivity contribution in [3.63, 3.8) is 0 Å². The molecule has 0 radical (unpaired) electrons. The van der Waals surface area contributed by atoms with Crippen LogP contribution >= 0.6 is 34.8 Å². The number of hydrogen-bond acceptors (Lipinski definition) is 2. The maximum Gasteiger partial charge on any atom is 0.243 e. The molecular formula is C23H27Cl3N2O2. The van der Waals surface area contributed by atoms with Crippen molar-refractivity contribution in [3.05, 3.63) is 68.7 Å². The van der Waals surface area contributed by atoms with Crippen molar-refractivity contribution in [1.29, 1.82) is 0 Å². The van der Waals surface area contributed by atoms with E-state index in [1.54, 1.807) is 41.3 Å². The Morgan fingerprint density at radius 1 is 1.00 bits per heavy atom. The van der Waals surface area contributed by atoms with Gasteiger partial charge in [-0.05, 0) is 49.6 Å². The lowest BCUT2D eigenvalue weighted by Gasteiger charge is -2.32. The van der Waals surface area contributed by atoms with Gasteiger partial charge in [-0.15, -0.1) is 0 Å². The number of amides is 2. The number of rotatable bonds is 9. The highest BCUT2D eigenvalue weighted by molar-refractivity contribution is 6.36. The van der Waals surface area contributed by atoms with E-state index in [4.69, 9.17) is 34.8 Å². The first kappa shape index (κ1) is 24.5. The van der Waals surface area contributed by atoms with Crippen LogP contribution in [0.25, 0.3) is 0 Å². The molecule has 7 heteroatoms. The monoisotopic (exact) mass is 468 g/mol. The van der Waals surface area contributed by atoms with Gasteiger partial charge in [0, 0.05) is 33.2 Å². The SMILES string of the molecule is CC[C@H](C)NC(=O)[C@H](CC)N(Cc1c(Cl)cccc1Cl)C(=O)Cc1cccc(Cl)c1. The maximum atomic E-state index is 13.3. The number of halogens is 3. The topological polar surface area (TPSA) is 49.4 Å². The highest BCUT2D eigenvalue weighted by Gasteiger charge is 2.30. The fourth-order valence-corrected chi connectivity index (χ4v) is 3.87. The molecule has 0 unspecified atom stereocenters. The predicted molar refractivity (Wildman–Crippen MR) is 124 cm³/mol. The molecule has 4 nitrogen and oxygen atoms in total. The molecule has 0 saturated heterocycles. The van der Waals surface area contributed by atoms with Gasteiger partial charge >= 0.3 is 0 Å². The van der Waals surface area contributed by atoms with Gasteiger partial charge in [-0.2, -0.15) is 0 Å². The Labute approximate surface area is 193 Å². The summed E-state index contributed by atoms with van der Waals surface area (Å²) in [4.78, 5) is 27.9. The Morgan fingerprint density at radius 3 is 2.20 bits per heavy atom. The lowest BCUT2D eigenvalue weighted by atomic mass is 10.1. The van der Waals surface area contributed by atoms with Crippen molar-refractivity contribution in [2.75, 3.05) is 0 Å². The zero-order valence-corrected chi connectivity index (χ0v) is 19.7. The zero-order chi connectivity index (χ0) is 22.3. The molecule has 0 saturated carbocycles. The summed E-state index contributed by atoms with van der Waals surface area (Å²) in [6.07, 6.45) is 1.39. The summed E-state index contributed by atoms with van der Waals surface area (Å²) in [5, 5.41) is 4.46. The number of carbonyl (C=O) groups excluding carboxylic acids is 2. The van der Waals surface area contributed by atoms with Crippen LogP contribution in [0.2, 0.25) is 15.1 Å². The van der Waals surface area contributed by atoms with E-state index in [2.05, 4.69) is 5.32 Å². The minimum Gasteiger partial charge on any atom is -0.352 e. The fraction of sp³-hybridized carbons (Fsp3) is 0.391. The van der Waals surface area contributed by atoms with Gasteiger partial charge in [0.2, 0.25) is 11.8 Å². The highest BCUT2D eigenvalue weighted by atomic mass is 35.5. The molecule has 0 aliphatic rings. The standard InChI is InChI=1S/C23H27Cl3N2O2/c1-4-15(3)27-23(30)21(5-2)28(14-18-19(25)10-7-11-20(18)26)22(29)13-16-8-6-9-17(24)12-16/h6-12,15,21H,4-5,13-14H2,1-3H3,(H,27,30)/t15-,21-/m0/s1. The van der Waals surface area contributed by atoms with Crippen LogP contribution in [0.5, 0.6) is 0 Å². The largest absolute Gasteiger partial charge is 0.352 e. The molecule has 0 aliphatic carbocycles. The first-order valence-electron chi connectivity index (χ1n) is 10.0. The van der Waals surface area contributed by atoms with Crippen molar-refractivity contribution in [3.8, 4) is 0 Å². The maximum absolute atomic E-state index is 13.3. The quantitative estimate of drug-likeness (QED) is 0.496. The van der Waals surface area contributed by atoms with E-state index in [1.165, 1.54) is 0 Å². The summed E-state index contributed by atoms with van der Waals surface area (Å²) in [6.45, 7) is 5.96. The van der Waals surface area contributed by atoms with Crippen LogP contribution < -0.4 is 5.32 Å². The summed E-state index contributed by atoms with van der Waals surface area (Å²) in [5.74, 6) is -0.381. The van der Waals surface area contributed by atoms with Crippen LogP contribution in [0.1, 0.15) is 44.7 Å². The molecule has 0 aliphatic heterocycles. The number of hydrogen-bond donors (Lipinski definition) is 1. The molecule has 2 atom stereocenters. The van der Waals surface area contributed by atoms with Crippen LogP contribution in [0, 0.1) is 0 Å². The Kier molecular flexibility index (Phi) is 9.47. The van der Waals surface area contributed by atoms with Crippen molar-refractivity contribution in [1.82, 2.24) is 10.2 Å². The number of nitrogens with zero attached hydrogens (tertiary/aromatic N) is 1. The fourth-order valence-electron chi connectivity index (χ4n) is 3.14. The van der Waals surface area contributed by atoms with Crippen molar-refractivity contribution in [2.24, 2.45) is 0 Å². The van der Waals surface area contributed by atoms with Crippen molar-refractivity contribution < 1.29 is 9.59 Å². The Morgan fingerprint density at radius 2 is 1.63 bits per heavy atom. The molecular weight excluding hydrogens is 443 g/mol. The lowest BCUT2D eigenvalue weighted by Crippen LogP contribution is -2.51. The molecule has 0 spiro atoms. The normalized spacial score (nSPS) is 12.9. The van der Waals surface area contributed by atoms with Gasteiger partial charge in [0.05, 0.1) is 6.42 Å². The van der Waals surface area contributed by atoms with Crippen molar-refractivity contribution in [2.45, 2.75) is 58.7 Å². The van der Waals surface area contributed by atoms with Gasteiger partial charge in [-0.3, -0.25) is 9.59 Å². The first-order valence-corrected chi connectivity index (χ1v) is 11.2. The molecule has 0 fully saturated rings. The molecule has 1 N–H and O–H groups in total. The van der Waals surface area contributed by atoms with Crippen LogP contribution in [-0.2, 0) is 22.6 Å². The molecule has 162 valence electrons. The van der Waals surface area contributed by atoms with E-state index in [-0.39, 0.29) is 30.8 Å². The zero-order valence-electron chi connectivity index (χ0n) is 17.4. The van der Waals surface area contributed by atoms with Crippen LogP contribution in [0.3, 0.4) is 0 Å². The molecule has 2 rings (SSSR count). The van der Waals surface area contributed by atoms with Gasteiger partial charge in [0.25, 0.3) is 0 Å². The van der Waals surface area contributed by atoms with E-state index in [1.807, 2.05) is 26.8 Å². The molecule has 2 aromatic rings. The average molecular weight is 470 g/mol. The lowest BCUT2D eigenvalue weighted by molar-refractivity contribution is -0.141. The van der Waals surface area contributed by atoms with E-state index in [9.17, 15) is 9.59 Å². The predicted octanol–water partition coefficient (Wildman–Crippen LogP) is 5.91. The minimum absolute atomic E-state index is 0.0142.